The zero-order chi connectivity index (χ0) is 23.8. The van der Waals surface area contributed by atoms with Gasteiger partial charge >= 0.3 is 0 Å². The molecule has 4 rings (SSSR count). The molecule has 0 radical (unpaired) electrons. The van der Waals surface area contributed by atoms with Crippen molar-refractivity contribution in [1.82, 2.24) is 29.9 Å². The predicted octanol–water partition coefficient (Wildman–Crippen LogP) is 2.93. The van der Waals surface area contributed by atoms with E-state index < -0.39 is 28.8 Å². The van der Waals surface area contributed by atoms with Gasteiger partial charge in [-0.3, -0.25) is 0 Å². The summed E-state index contributed by atoms with van der Waals surface area (Å²) in [5, 5.41) is 8.54. The Morgan fingerprint density at radius 2 is 1.79 bits per heavy atom. The van der Waals surface area contributed by atoms with Crippen LogP contribution in [0.5, 0.6) is 11.8 Å². The first-order valence-corrected chi connectivity index (χ1v) is 11.5. The first kappa shape index (κ1) is 22.8. The Bertz CT molecular complexity index is 1390. The highest BCUT2D eigenvalue weighted by Gasteiger charge is 2.26. The number of anilines is 1. The smallest absolute Gasteiger partial charge is 0.266 e. The van der Waals surface area contributed by atoms with E-state index in [0.717, 1.165) is 0 Å². The van der Waals surface area contributed by atoms with Crippen molar-refractivity contribution in [3.8, 4) is 17.4 Å². The Morgan fingerprint density at radius 3 is 2.36 bits per heavy atom. The molecule has 3 aromatic heterocycles. The quantitative estimate of drug-likeness (QED) is 0.346. The van der Waals surface area contributed by atoms with Crippen molar-refractivity contribution in [3.05, 3.63) is 40.8 Å². The summed E-state index contributed by atoms with van der Waals surface area (Å²) in [6.07, 6.45) is 0.849. The van der Waals surface area contributed by atoms with Crippen LogP contribution in [0.4, 0.5) is 14.7 Å². The highest BCUT2D eigenvalue weighted by molar-refractivity contribution is 9.10. The summed E-state index contributed by atoms with van der Waals surface area (Å²) in [5.74, 6) is -0.855. The minimum Gasteiger partial charge on any atom is -0.481 e. The molecule has 4 aromatic rings. The maximum Gasteiger partial charge on any atom is 0.266 e. The van der Waals surface area contributed by atoms with Gasteiger partial charge in [0.05, 0.1) is 37.7 Å². The number of H-pyrrole nitrogens is 1. The summed E-state index contributed by atoms with van der Waals surface area (Å²) < 4.78 is 65.1. The SMILES string of the molecule is COc1nc(NS(=O)(=O)c2c[nH]c3c(-n4nccn4)c(Br)ccc23)nc(OC)c1CC(F)F. The van der Waals surface area contributed by atoms with Gasteiger partial charge in [0.1, 0.15) is 10.6 Å². The number of rotatable bonds is 8. The van der Waals surface area contributed by atoms with Crippen LogP contribution in [0, 0.1) is 0 Å². The van der Waals surface area contributed by atoms with Crippen LogP contribution in [-0.2, 0) is 16.4 Å². The predicted molar refractivity (Wildman–Crippen MR) is 117 cm³/mol. The maximum absolute atomic E-state index is 13.2. The molecule has 0 fully saturated rings. The molecule has 1 aromatic carbocycles. The number of methoxy groups -OCH3 is 2. The number of benzene rings is 1. The normalized spacial score (nSPS) is 11.8. The molecule has 0 unspecified atom stereocenters. The number of ether oxygens (including phenoxy) is 2. The second-order valence-electron chi connectivity index (χ2n) is 6.54. The molecule has 0 spiro atoms. The molecule has 3 heterocycles. The molecule has 11 nitrogen and oxygen atoms in total. The molecule has 0 atom stereocenters. The van der Waals surface area contributed by atoms with Crippen LogP contribution < -0.4 is 14.2 Å². The van der Waals surface area contributed by atoms with E-state index in [9.17, 15) is 17.2 Å². The fourth-order valence-electron chi connectivity index (χ4n) is 3.21. The molecule has 0 aliphatic rings. The van der Waals surface area contributed by atoms with E-state index in [-0.39, 0.29) is 22.2 Å². The second-order valence-corrected chi connectivity index (χ2v) is 9.04. The fraction of sp³-hybridized carbons (Fsp3) is 0.222. The molecule has 0 saturated heterocycles. The molecule has 174 valence electrons. The molecular weight excluding hydrogens is 528 g/mol. The van der Waals surface area contributed by atoms with E-state index in [1.807, 2.05) is 0 Å². The number of aromatic amines is 1. The number of halogens is 3. The highest BCUT2D eigenvalue weighted by Crippen LogP contribution is 2.34. The Morgan fingerprint density at radius 1 is 1.15 bits per heavy atom. The summed E-state index contributed by atoms with van der Waals surface area (Å²) >= 11 is 3.42. The van der Waals surface area contributed by atoms with Gasteiger partial charge in [0.25, 0.3) is 10.0 Å². The van der Waals surface area contributed by atoms with Crippen molar-refractivity contribution in [1.29, 1.82) is 0 Å². The number of aromatic nitrogens is 6. The van der Waals surface area contributed by atoms with Gasteiger partial charge in [0.2, 0.25) is 24.1 Å². The van der Waals surface area contributed by atoms with E-state index >= 15 is 0 Å². The van der Waals surface area contributed by atoms with Gasteiger partial charge in [-0.15, -0.1) is 4.80 Å². The topological polar surface area (TPSA) is 137 Å². The second kappa shape index (κ2) is 8.90. The van der Waals surface area contributed by atoms with Gasteiger partial charge in [-0.1, -0.05) is 6.07 Å². The first-order chi connectivity index (χ1) is 15.7. The van der Waals surface area contributed by atoms with Crippen LogP contribution in [0.2, 0.25) is 0 Å². The van der Waals surface area contributed by atoms with Crippen molar-refractivity contribution < 1.29 is 26.7 Å². The minimum absolute atomic E-state index is 0.0775. The van der Waals surface area contributed by atoms with Crippen molar-refractivity contribution in [3.63, 3.8) is 0 Å². The van der Waals surface area contributed by atoms with Crippen molar-refractivity contribution in [2.45, 2.75) is 17.7 Å². The van der Waals surface area contributed by atoms with E-state index in [1.165, 1.54) is 37.6 Å². The number of hydrogen-bond donors (Lipinski definition) is 2. The summed E-state index contributed by atoms with van der Waals surface area (Å²) in [4.78, 5) is 12.0. The Kier molecular flexibility index (Phi) is 6.16. The summed E-state index contributed by atoms with van der Waals surface area (Å²) in [6.45, 7) is 0. The van der Waals surface area contributed by atoms with Crippen molar-refractivity contribution in [2.24, 2.45) is 0 Å². The molecule has 2 N–H and O–H groups in total. The molecule has 0 saturated carbocycles. The third-order valence-electron chi connectivity index (χ3n) is 4.55. The van der Waals surface area contributed by atoms with Crippen molar-refractivity contribution >= 4 is 42.8 Å². The lowest BCUT2D eigenvalue weighted by molar-refractivity contribution is 0.146. The van der Waals surface area contributed by atoms with Crippen LogP contribution in [-0.4, -0.2) is 59.0 Å². The number of nitrogens with one attached hydrogen (secondary N) is 2. The third kappa shape index (κ3) is 4.32. The van der Waals surface area contributed by atoms with Gasteiger partial charge < -0.3 is 14.5 Å². The highest BCUT2D eigenvalue weighted by atomic mass is 79.9. The minimum atomic E-state index is -4.21. The van der Waals surface area contributed by atoms with Crippen LogP contribution in [0.25, 0.3) is 16.6 Å². The van der Waals surface area contributed by atoms with Crippen LogP contribution in [0.1, 0.15) is 5.56 Å². The monoisotopic (exact) mass is 543 g/mol. The lowest BCUT2D eigenvalue weighted by atomic mass is 10.2. The lowest BCUT2D eigenvalue weighted by Crippen LogP contribution is -2.16. The van der Waals surface area contributed by atoms with Gasteiger partial charge in [0.15, 0.2) is 0 Å². The number of hydrogen-bond acceptors (Lipinski definition) is 8. The van der Waals surface area contributed by atoms with E-state index in [1.54, 1.807) is 12.1 Å². The number of sulfonamides is 1. The molecule has 0 aliphatic carbocycles. The Labute approximate surface area is 194 Å². The third-order valence-corrected chi connectivity index (χ3v) is 6.56. The van der Waals surface area contributed by atoms with Crippen molar-refractivity contribution in [2.75, 3.05) is 18.9 Å². The summed E-state index contributed by atoms with van der Waals surface area (Å²) in [6, 6.07) is 3.26. The average molecular weight is 544 g/mol. The maximum atomic E-state index is 13.2. The zero-order valence-corrected chi connectivity index (χ0v) is 19.5. The molecule has 0 amide bonds. The Hall–Kier alpha value is -3.33. The van der Waals surface area contributed by atoms with E-state index in [2.05, 4.69) is 45.8 Å². The van der Waals surface area contributed by atoms with Gasteiger partial charge in [0, 0.05) is 22.5 Å². The summed E-state index contributed by atoms with van der Waals surface area (Å²) in [7, 11) is -1.77. The van der Waals surface area contributed by atoms with Crippen LogP contribution in [0.3, 0.4) is 0 Å². The van der Waals surface area contributed by atoms with Gasteiger partial charge in [-0.2, -0.15) is 20.2 Å². The largest absolute Gasteiger partial charge is 0.481 e. The van der Waals surface area contributed by atoms with Crippen LogP contribution in [0.15, 0.2) is 40.1 Å². The molecular formula is C18H16BrF2N7O4S. The Balaban J connectivity index is 1.77. The summed E-state index contributed by atoms with van der Waals surface area (Å²) in [5.41, 5.74) is 0.894. The number of alkyl halides is 2. The average Bonchev–Trinajstić information content (AvgIpc) is 3.44. The number of nitrogens with zero attached hydrogens (tertiary/aromatic N) is 5. The van der Waals surface area contributed by atoms with E-state index in [0.29, 0.717) is 21.1 Å². The molecule has 15 heteroatoms. The van der Waals surface area contributed by atoms with Gasteiger partial charge in [-0.05, 0) is 22.0 Å². The standard InChI is InChI=1S/C18H16BrF2N7O4S/c1-31-16-10(7-13(20)21)17(32-2)26-18(25-16)27-33(29,30)12-8-22-14-9(12)3-4-11(19)15(14)28-23-5-6-24-28/h3-6,8,13,22H,7H2,1-2H3,(H,25,26,27). The zero-order valence-electron chi connectivity index (χ0n) is 17.1. The first-order valence-electron chi connectivity index (χ1n) is 9.21. The molecule has 33 heavy (non-hydrogen) atoms. The lowest BCUT2D eigenvalue weighted by Gasteiger charge is -2.14. The van der Waals surface area contributed by atoms with Crippen LogP contribution >= 0.6 is 15.9 Å². The molecule has 0 bridgehead atoms. The van der Waals surface area contributed by atoms with E-state index in [4.69, 9.17) is 9.47 Å². The fourth-order valence-corrected chi connectivity index (χ4v) is 4.82. The molecule has 0 aliphatic heterocycles. The van der Waals surface area contributed by atoms with Gasteiger partial charge in [-0.25, -0.2) is 21.9 Å². The number of fused-ring (bicyclic) bond motifs is 1.